The Morgan fingerprint density at radius 2 is 1.84 bits per heavy atom. The van der Waals surface area contributed by atoms with Gasteiger partial charge in [0.25, 0.3) is 0 Å². The molecule has 4 fully saturated rings. The predicted octanol–water partition coefficient (Wildman–Crippen LogP) is 2.89. The smallest absolute Gasteiger partial charge is 0.152 e. The van der Waals surface area contributed by atoms with Crippen molar-refractivity contribution in [3.05, 3.63) is 12.2 Å². The van der Waals surface area contributed by atoms with Crippen molar-refractivity contribution in [2.45, 2.75) is 76.6 Å². The highest BCUT2D eigenvalue weighted by Crippen LogP contribution is 2.68. The van der Waals surface area contributed by atoms with Crippen molar-refractivity contribution in [1.82, 2.24) is 0 Å². The van der Waals surface area contributed by atoms with Crippen molar-refractivity contribution in [1.29, 1.82) is 0 Å². The standard InChI is InChI=1S/C22H32O3/c1-5-22(25)13(2)10-17-19-16(7-9-21(17,22)4)20(3)8-6-15(23)11-14(20)12-18(19)24/h1,14-19,23-25H,2,6-12H2,3-4H3/t14-,15+,16?,17?,18-,19?,20-,21-,22-/m0/s1. The Morgan fingerprint density at radius 3 is 2.52 bits per heavy atom. The van der Waals surface area contributed by atoms with Gasteiger partial charge in [-0.3, -0.25) is 0 Å². The summed E-state index contributed by atoms with van der Waals surface area (Å²) in [5.41, 5.74) is -0.703. The van der Waals surface area contributed by atoms with Crippen molar-refractivity contribution in [2.75, 3.05) is 0 Å². The molecule has 9 atom stereocenters. The molecule has 0 radical (unpaired) electrons. The molecule has 3 heteroatoms. The maximum absolute atomic E-state index is 11.2. The van der Waals surface area contributed by atoms with Crippen molar-refractivity contribution < 1.29 is 15.3 Å². The molecule has 4 rings (SSSR count). The normalized spacial score (nSPS) is 58.0. The van der Waals surface area contributed by atoms with E-state index >= 15 is 0 Å². The van der Waals surface area contributed by atoms with E-state index in [1.807, 2.05) is 0 Å². The molecule has 0 heterocycles. The average Bonchev–Trinajstić information content (AvgIpc) is 2.77. The molecule has 0 spiro atoms. The Morgan fingerprint density at radius 1 is 1.12 bits per heavy atom. The molecule has 0 bridgehead atoms. The summed E-state index contributed by atoms with van der Waals surface area (Å²) in [6.45, 7) is 8.60. The van der Waals surface area contributed by atoms with Crippen molar-refractivity contribution >= 4 is 0 Å². The highest BCUT2D eigenvalue weighted by atomic mass is 16.3. The molecule has 138 valence electrons. The molecule has 4 saturated carbocycles. The summed E-state index contributed by atoms with van der Waals surface area (Å²) in [7, 11) is 0. The molecule has 25 heavy (non-hydrogen) atoms. The van der Waals surface area contributed by atoms with Gasteiger partial charge in [0, 0.05) is 5.41 Å². The minimum absolute atomic E-state index is 0.175. The molecular weight excluding hydrogens is 312 g/mol. The Hall–Kier alpha value is -0.820. The lowest BCUT2D eigenvalue weighted by atomic mass is 9.43. The van der Waals surface area contributed by atoms with Gasteiger partial charge in [-0.1, -0.05) is 26.3 Å². The molecule has 0 saturated heterocycles. The van der Waals surface area contributed by atoms with E-state index < -0.39 is 11.0 Å². The predicted molar refractivity (Wildman–Crippen MR) is 97.4 cm³/mol. The first-order valence-electron chi connectivity index (χ1n) is 9.92. The first-order chi connectivity index (χ1) is 11.7. The van der Waals surface area contributed by atoms with Crippen molar-refractivity contribution in [2.24, 2.45) is 34.5 Å². The number of aliphatic hydroxyl groups excluding tert-OH is 2. The molecule has 3 N–H and O–H groups in total. The molecule has 4 aliphatic rings. The number of hydrogen-bond donors (Lipinski definition) is 3. The maximum Gasteiger partial charge on any atom is 0.152 e. The third-order valence-electron chi connectivity index (χ3n) is 9.06. The van der Waals surface area contributed by atoms with Gasteiger partial charge in [-0.2, -0.15) is 0 Å². The van der Waals surface area contributed by atoms with E-state index in [9.17, 15) is 15.3 Å². The molecule has 3 nitrogen and oxygen atoms in total. The molecule has 0 aromatic heterocycles. The van der Waals surface area contributed by atoms with Crippen LogP contribution in [0.4, 0.5) is 0 Å². The number of fused-ring (bicyclic) bond motifs is 5. The fourth-order valence-electron chi connectivity index (χ4n) is 7.44. The van der Waals surface area contributed by atoms with Crippen LogP contribution in [0.1, 0.15) is 58.8 Å². The zero-order valence-electron chi connectivity index (χ0n) is 15.5. The van der Waals surface area contributed by atoms with Crippen LogP contribution in [0.3, 0.4) is 0 Å². The van der Waals surface area contributed by atoms with Crippen LogP contribution in [0.2, 0.25) is 0 Å². The Bertz CT molecular complexity index is 636. The first-order valence-corrected chi connectivity index (χ1v) is 9.92. The van der Waals surface area contributed by atoms with Crippen LogP contribution in [0.5, 0.6) is 0 Å². The molecule has 0 aromatic rings. The van der Waals surface area contributed by atoms with E-state index in [1.54, 1.807) is 0 Å². The molecule has 3 unspecified atom stereocenters. The molecule has 0 aliphatic heterocycles. The van der Waals surface area contributed by atoms with E-state index in [-0.39, 0.29) is 29.5 Å². The van der Waals surface area contributed by atoms with E-state index in [2.05, 4.69) is 26.3 Å². The second-order valence-electron chi connectivity index (χ2n) is 9.84. The molecular formula is C22H32O3. The van der Waals surface area contributed by atoms with E-state index in [0.29, 0.717) is 11.8 Å². The van der Waals surface area contributed by atoms with Gasteiger partial charge in [-0.15, -0.1) is 6.42 Å². The summed E-state index contributed by atoms with van der Waals surface area (Å²) >= 11 is 0. The summed E-state index contributed by atoms with van der Waals surface area (Å²) in [6.07, 6.45) is 11.3. The molecule has 4 aliphatic carbocycles. The van der Waals surface area contributed by atoms with Crippen LogP contribution in [0.25, 0.3) is 0 Å². The van der Waals surface area contributed by atoms with E-state index in [1.165, 1.54) is 0 Å². The zero-order valence-corrected chi connectivity index (χ0v) is 15.5. The molecule has 0 amide bonds. The fraction of sp³-hybridized carbons (Fsp3) is 0.818. The minimum atomic E-state index is -1.25. The van der Waals surface area contributed by atoms with Gasteiger partial charge in [0.1, 0.15) is 0 Å². The second-order valence-corrected chi connectivity index (χ2v) is 9.84. The van der Waals surface area contributed by atoms with Crippen LogP contribution in [-0.4, -0.2) is 33.1 Å². The van der Waals surface area contributed by atoms with Gasteiger partial charge in [-0.25, -0.2) is 0 Å². The van der Waals surface area contributed by atoms with Crippen LogP contribution >= 0.6 is 0 Å². The van der Waals surface area contributed by atoms with Crippen molar-refractivity contribution in [3.63, 3.8) is 0 Å². The lowest BCUT2D eigenvalue weighted by Crippen LogP contribution is -2.60. The van der Waals surface area contributed by atoms with Crippen LogP contribution in [0.15, 0.2) is 12.2 Å². The quantitative estimate of drug-likeness (QED) is 0.468. The summed E-state index contributed by atoms with van der Waals surface area (Å²) in [4.78, 5) is 0. The molecule has 0 aromatic carbocycles. The zero-order chi connectivity index (χ0) is 18.2. The van der Waals surface area contributed by atoms with Crippen LogP contribution in [-0.2, 0) is 0 Å². The third-order valence-corrected chi connectivity index (χ3v) is 9.06. The van der Waals surface area contributed by atoms with Gasteiger partial charge < -0.3 is 15.3 Å². The first kappa shape index (κ1) is 17.6. The number of rotatable bonds is 0. The summed E-state index contributed by atoms with van der Waals surface area (Å²) < 4.78 is 0. The fourth-order valence-corrected chi connectivity index (χ4v) is 7.44. The SMILES string of the molecule is C#C[C@]1(O)C(=C)CC2C3C(CC[C@@]21C)[C@@]1(C)CC[C@@H](O)C[C@H]1C[C@@H]3O. The Kier molecular flexibility index (Phi) is 3.76. The highest BCUT2D eigenvalue weighted by molar-refractivity contribution is 5.39. The Balaban J connectivity index is 1.73. The largest absolute Gasteiger partial charge is 0.393 e. The van der Waals surface area contributed by atoms with Gasteiger partial charge in [-0.05, 0) is 79.6 Å². The van der Waals surface area contributed by atoms with Gasteiger partial charge >= 0.3 is 0 Å². The summed E-state index contributed by atoms with van der Waals surface area (Å²) in [5, 5.41) is 32.4. The number of terminal acetylenes is 1. The van der Waals surface area contributed by atoms with Crippen LogP contribution in [0, 0.1) is 46.8 Å². The maximum atomic E-state index is 11.2. The van der Waals surface area contributed by atoms with E-state index in [0.717, 1.165) is 50.5 Å². The monoisotopic (exact) mass is 344 g/mol. The number of hydrogen-bond acceptors (Lipinski definition) is 3. The Labute approximate surface area is 151 Å². The third kappa shape index (κ3) is 2.05. The lowest BCUT2D eigenvalue weighted by molar-refractivity contribution is -0.182. The summed E-state index contributed by atoms with van der Waals surface area (Å²) in [5.74, 6) is 3.86. The van der Waals surface area contributed by atoms with Crippen LogP contribution < -0.4 is 0 Å². The number of aliphatic hydroxyl groups is 3. The average molecular weight is 344 g/mol. The van der Waals surface area contributed by atoms with Gasteiger partial charge in [0.05, 0.1) is 12.2 Å². The lowest BCUT2D eigenvalue weighted by Gasteiger charge is -2.62. The topological polar surface area (TPSA) is 60.7 Å². The van der Waals surface area contributed by atoms with Gasteiger partial charge in [0.2, 0.25) is 0 Å². The summed E-state index contributed by atoms with van der Waals surface area (Å²) in [6, 6.07) is 0. The van der Waals surface area contributed by atoms with E-state index in [4.69, 9.17) is 6.42 Å². The van der Waals surface area contributed by atoms with Gasteiger partial charge in [0.15, 0.2) is 5.60 Å². The second kappa shape index (κ2) is 5.35. The van der Waals surface area contributed by atoms with Crippen molar-refractivity contribution in [3.8, 4) is 12.3 Å². The highest BCUT2D eigenvalue weighted by Gasteiger charge is 2.67. The minimum Gasteiger partial charge on any atom is -0.393 e.